The van der Waals surface area contributed by atoms with E-state index in [4.69, 9.17) is 5.11 Å². The Balaban J connectivity index is 2.08. The molecule has 13 heavy (non-hydrogen) atoms. The molecule has 1 saturated carbocycles. The van der Waals surface area contributed by atoms with Gasteiger partial charge in [0.2, 0.25) is 0 Å². The lowest BCUT2D eigenvalue weighted by molar-refractivity contribution is -0.141. The van der Waals surface area contributed by atoms with E-state index in [1.54, 1.807) is 0 Å². The summed E-state index contributed by atoms with van der Waals surface area (Å²) in [6.07, 6.45) is -0.565. The Hall–Kier alpha value is -0.650. The van der Waals surface area contributed by atoms with Crippen LogP contribution in [0.15, 0.2) is 0 Å². The fourth-order valence-corrected chi connectivity index (χ4v) is 2.45. The van der Waals surface area contributed by atoms with Crippen LogP contribution in [0.4, 0.5) is 0 Å². The van der Waals surface area contributed by atoms with Crippen molar-refractivity contribution in [1.29, 1.82) is 0 Å². The minimum absolute atomic E-state index is 0.101. The number of carboxylic acid groups (broad SMARTS) is 1. The van der Waals surface area contributed by atoms with E-state index >= 15 is 0 Å². The van der Waals surface area contributed by atoms with Crippen molar-refractivity contribution in [1.82, 2.24) is 5.32 Å². The highest BCUT2D eigenvalue weighted by Gasteiger charge is 2.49. The van der Waals surface area contributed by atoms with Gasteiger partial charge in [0.25, 0.3) is 0 Å². The van der Waals surface area contributed by atoms with Gasteiger partial charge in [-0.1, -0.05) is 0 Å². The summed E-state index contributed by atoms with van der Waals surface area (Å²) in [5.41, 5.74) is 0. The van der Waals surface area contributed by atoms with E-state index < -0.39 is 24.3 Å². The number of nitrogens with one attached hydrogen (secondary N) is 1. The lowest BCUT2D eigenvalue weighted by Gasteiger charge is -2.11. The Morgan fingerprint density at radius 2 is 1.62 bits per heavy atom. The van der Waals surface area contributed by atoms with E-state index in [9.17, 15) is 15.0 Å². The molecule has 4 unspecified atom stereocenters. The van der Waals surface area contributed by atoms with Crippen molar-refractivity contribution in [2.45, 2.75) is 25.3 Å². The number of hydrogen-bond acceptors (Lipinski definition) is 4. The number of aliphatic hydroxyl groups is 2. The fraction of sp³-hybridized carbons (Fsp3) is 0.875. The smallest absolute Gasteiger partial charge is 0.306 e. The summed E-state index contributed by atoms with van der Waals surface area (Å²) in [7, 11) is 0. The van der Waals surface area contributed by atoms with E-state index in [0.717, 1.165) is 0 Å². The molecule has 0 amide bonds. The topological polar surface area (TPSA) is 89.8 Å². The summed E-state index contributed by atoms with van der Waals surface area (Å²) in [5.74, 6) is -1.43. The lowest BCUT2D eigenvalue weighted by Crippen LogP contribution is -2.33. The zero-order valence-electron chi connectivity index (χ0n) is 7.05. The van der Waals surface area contributed by atoms with E-state index in [-0.39, 0.29) is 11.8 Å². The molecule has 5 nitrogen and oxygen atoms in total. The first kappa shape index (κ1) is 8.93. The SMILES string of the molecule is O=C(O)C1CC2C(O)NC(O)C2C1. The Morgan fingerprint density at radius 3 is 2.00 bits per heavy atom. The van der Waals surface area contributed by atoms with Crippen LogP contribution in [-0.4, -0.2) is 33.7 Å². The number of aliphatic hydroxyl groups excluding tert-OH is 2. The number of carbonyl (C=O) groups is 1. The van der Waals surface area contributed by atoms with Gasteiger partial charge in [0.05, 0.1) is 5.92 Å². The summed E-state index contributed by atoms with van der Waals surface area (Å²) in [6.45, 7) is 0. The Kier molecular flexibility index (Phi) is 2.02. The molecule has 0 aromatic rings. The molecule has 0 radical (unpaired) electrons. The average Bonchev–Trinajstić information content (AvgIpc) is 2.55. The summed E-state index contributed by atoms with van der Waals surface area (Å²) < 4.78 is 0. The molecule has 1 saturated heterocycles. The molecule has 5 heteroatoms. The average molecular weight is 187 g/mol. The van der Waals surface area contributed by atoms with Crippen LogP contribution < -0.4 is 5.32 Å². The molecular formula is C8H13NO4. The molecule has 0 aromatic carbocycles. The van der Waals surface area contributed by atoms with Gasteiger partial charge in [0.1, 0.15) is 12.5 Å². The first-order chi connectivity index (χ1) is 6.09. The van der Waals surface area contributed by atoms with Crippen molar-refractivity contribution < 1.29 is 20.1 Å². The highest BCUT2D eigenvalue weighted by atomic mass is 16.4. The third kappa shape index (κ3) is 1.33. The molecule has 0 spiro atoms. The maximum Gasteiger partial charge on any atom is 0.306 e. The van der Waals surface area contributed by atoms with Gasteiger partial charge in [0, 0.05) is 11.8 Å². The van der Waals surface area contributed by atoms with Crippen LogP contribution in [0.25, 0.3) is 0 Å². The van der Waals surface area contributed by atoms with Crippen LogP contribution in [0.5, 0.6) is 0 Å². The first-order valence-electron chi connectivity index (χ1n) is 4.44. The third-order valence-corrected chi connectivity index (χ3v) is 3.17. The molecule has 0 aromatic heterocycles. The van der Waals surface area contributed by atoms with Crippen LogP contribution in [-0.2, 0) is 4.79 Å². The second-order valence-electron chi connectivity index (χ2n) is 3.89. The first-order valence-corrected chi connectivity index (χ1v) is 4.44. The monoisotopic (exact) mass is 187 g/mol. The van der Waals surface area contributed by atoms with Crippen LogP contribution in [0.3, 0.4) is 0 Å². The van der Waals surface area contributed by atoms with Gasteiger partial charge in [-0.05, 0) is 12.8 Å². The van der Waals surface area contributed by atoms with E-state index in [1.165, 1.54) is 0 Å². The Morgan fingerprint density at radius 1 is 1.15 bits per heavy atom. The van der Waals surface area contributed by atoms with Crippen molar-refractivity contribution in [2.24, 2.45) is 17.8 Å². The van der Waals surface area contributed by atoms with Crippen molar-refractivity contribution in [3.8, 4) is 0 Å². The largest absolute Gasteiger partial charge is 0.481 e. The van der Waals surface area contributed by atoms with E-state index in [0.29, 0.717) is 12.8 Å². The summed E-state index contributed by atoms with van der Waals surface area (Å²) >= 11 is 0. The predicted octanol–water partition coefficient (Wildman–Crippen LogP) is -1.05. The minimum Gasteiger partial charge on any atom is -0.481 e. The molecule has 2 fully saturated rings. The second kappa shape index (κ2) is 2.94. The molecular weight excluding hydrogens is 174 g/mol. The van der Waals surface area contributed by atoms with Gasteiger partial charge in [-0.25, -0.2) is 0 Å². The van der Waals surface area contributed by atoms with Crippen molar-refractivity contribution >= 4 is 5.97 Å². The fourth-order valence-electron chi connectivity index (χ4n) is 2.45. The van der Waals surface area contributed by atoms with Crippen molar-refractivity contribution in [2.75, 3.05) is 0 Å². The summed E-state index contributed by atoms with van der Waals surface area (Å²) in [5, 5.41) is 30.2. The normalized spacial score (nSPS) is 49.2. The molecule has 4 N–H and O–H groups in total. The van der Waals surface area contributed by atoms with Crippen molar-refractivity contribution in [3.63, 3.8) is 0 Å². The number of fused-ring (bicyclic) bond motifs is 1. The number of rotatable bonds is 1. The van der Waals surface area contributed by atoms with Crippen LogP contribution in [0, 0.1) is 17.8 Å². The number of aliphatic carboxylic acids is 1. The van der Waals surface area contributed by atoms with Crippen LogP contribution >= 0.6 is 0 Å². The molecule has 1 aliphatic carbocycles. The Bertz CT molecular complexity index is 216. The number of carboxylic acids is 1. The van der Waals surface area contributed by atoms with Crippen LogP contribution in [0.2, 0.25) is 0 Å². The zero-order chi connectivity index (χ0) is 9.59. The molecule has 2 aliphatic rings. The highest BCUT2D eigenvalue weighted by Crippen LogP contribution is 2.43. The van der Waals surface area contributed by atoms with E-state index in [1.807, 2.05) is 0 Å². The van der Waals surface area contributed by atoms with Gasteiger partial charge in [-0.3, -0.25) is 10.1 Å². The second-order valence-corrected chi connectivity index (χ2v) is 3.89. The van der Waals surface area contributed by atoms with Crippen molar-refractivity contribution in [3.05, 3.63) is 0 Å². The maximum absolute atomic E-state index is 10.7. The summed E-state index contributed by atoms with van der Waals surface area (Å²) in [6, 6.07) is 0. The lowest BCUT2D eigenvalue weighted by atomic mass is 9.98. The Labute approximate surface area is 75.4 Å². The third-order valence-electron chi connectivity index (χ3n) is 3.17. The standard InChI is InChI=1S/C8H13NO4/c10-6-4-1-3(8(12)13)2-5(4)7(11)9-6/h3-7,9-11H,1-2H2,(H,12,13). The molecule has 74 valence electrons. The van der Waals surface area contributed by atoms with Gasteiger partial charge in [0.15, 0.2) is 0 Å². The maximum atomic E-state index is 10.7. The minimum atomic E-state index is -0.825. The molecule has 2 rings (SSSR count). The quantitative estimate of drug-likeness (QED) is 0.421. The molecule has 1 aliphatic heterocycles. The van der Waals surface area contributed by atoms with Gasteiger partial charge < -0.3 is 15.3 Å². The number of hydrogen-bond donors (Lipinski definition) is 4. The summed E-state index contributed by atoms with van der Waals surface area (Å²) in [4.78, 5) is 10.7. The highest BCUT2D eigenvalue weighted by molar-refractivity contribution is 5.70. The van der Waals surface area contributed by atoms with E-state index in [2.05, 4.69) is 5.32 Å². The predicted molar refractivity (Wildman–Crippen MR) is 42.5 cm³/mol. The zero-order valence-corrected chi connectivity index (χ0v) is 7.05. The van der Waals surface area contributed by atoms with Gasteiger partial charge >= 0.3 is 5.97 Å². The molecule has 0 bridgehead atoms. The van der Waals surface area contributed by atoms with Gasteiger partial charge in [-0.15, -0.1) is 0 Å². The van der Waals surface area contributed by atoms with Crippen LogP contribution in [0.1, 0.15) is 12.8 Å². The molecule has 1 heterocycles. The molecule has 4 atom stereocenters. The van der Waals surface area contributed by atoms with Gasteiger partial charge in [-0.2, -0.15) is 0 Å².